The topological polar surface area (TPSA) is 87.8 Å². The Balaban J connectivity index is 1.73. The van der Waals surface area contributed by atoms with E-state index < -0.39 is 10.0 Å². The Morgan fingerprint density at radius 1 is 1.17 bits per heavy atom. The second-order valence-corrected chi connectivity index (χ2v) is 9.29. The molecule has 0 bridgehead atoms. The van der Waals surface area contributed by atoms with Gasteiger partial charge in [0.1, 0.15) is 0 Å². The lowest BCUT2D eigenvalue weighted by Crippen LogP contribution is -2.16. The zero-order valence-electron chi connectivity index (χ0n) is 16.8. The van der Waals surface area contributed by atoms with Crippen molar-refractivity contribution in [3.8, 4) is 6.07 Å². The molecular weight excluding hydrogens is 384 g/mol. The van der Waals surface area contributed by atoms with Crippen LogP contribution < -0.4 is 4.72 Å². The van der Waals surface area contributed by atoms with Crippen LogP contribution in [0.15, 0.2) is 65.8 Å². The van der Waals surface area contributed by atoms with Gasteiger partial charge in [-0.3, -0.25) is 9.40 Å². The maximum Gasteiger partial charge on any atom is 0.261 e. The Morgan fingerprint density at radius 2 is 1.90 bits per heavy atom. The molecular formula is C22H24N4O2S. The predicted octanol–water partition coefficient (Wildman–Crippen LogP) is 4.29. The monoisotopic (exact) mass is 408 g/mol. The van der Waals surface area contributed by atoms with Gasteiger partial charge < -0.3 is 0 Å². The molecule has 1 aromatic heterocycles. The van der Waals surface area contributed by atoms with Crippen molar-refractivity contribution >= 4 is 15.7 Å². The van der Waals surface area contributed by atoms with Crippen molar-refractivity contribution in [3.05, 3.63) is 77.6 Å². The number of hydrogen-bond acceptors (Lipinski definition) is 4. The van der Waals surface area contributed by atoms with E-state index in [2.05, 4.69) is 36.7 Å². The number of rotatable bonds is 7. The normalized spacial score (nSPS) is 11.8. The van der Waals surface area contributed by atoms with E-state index in [4.69, 9.17) is 5.26 Å². The van der Waals surface area contributed by atoms with E-state index >= 15 is 0 Å². The summed E-state index contributed by atoms with van der Waals surface area (Å²) in [6, 6.07) is 16.3. The summed E-state index contributed by atoms with van der Waals surface area (Å²) >= 11 is 0. The molecule has 29 heavy (non-hydrogen) atoms. The van der Waals surface area contributed by atoms with Gasteiger partial charge in [-0.2, -0.15) is 10.4 Å². The van der Waals surface area contributed by atoms with E-state index in [1.165, 1.54) is 6.20 Å². The molecule has 0 aliphatic rings. The Morgan fingerprint density at radius 3 is 2.55 bits per heavy atom. The molecule has 3 aromatic rings. The molecule has 0 aliphatic carbocycles. The maximum absolute atomic E-state index is 12.7. The SMILES string of the molecule is CCC(C)(C)c1ccc(S(=O)(=O)Nc2cnn(Cc3cccc(C#N)c3)c2)cc1. The largest absolute Gasteiger partial charge is 0.276 e. The number of nitrogens with one attached hydrogen (secondary N) is 1. The highest BCUT2D eigenvalue weighted by molar-refractivity contribution is 7.92. The fraction of sp³-hybridized carbons (Fsp3) is 0.273. The molecule has 0 radical (unpaired) electrons. The van der Waals surface area contributed by atoms with Gasteiger partial charge in [0.2, 0.25) is 0 Å². The lowest BCUT2D eigenvalue weighted by molar-refractivity contribution is 0.506. The number of sulfonamides is 1. The van der Waals surface area contributed by atoms with Gasteiger partial charge in [0, 0.05) is 6.20 Å². The molecule has 0 atom stereocenters. The molecule has 1 heterocycles. The lowest BCUT2D eigenvalue weighted by atomic mass is 9.82. The zero-order chi connectivity index (χ0) is 21.1. The molecule has 0 saturated heterocycles. The van der Waals surface area contributed by atoms with Crippen LogP contribution in [0, 0.1) is 11.3 Å². The molecule has 0 unspecified atom stereocenters. The maximum atomic E-state index is 12.7. The van der Waals surface area contributed by atoms with Crippen molar-refractivity contribution in [2.24, 2.45) is 0 Å². The van der Waals surface area contributed by atoms with Gasteiger partial charge in [0.15, 0.2) is 0 Å². The molecule has 150 valence electrons. The zero-order valence-corrected chi connectivity index (χ0v) is 17.6. The van der Waals surface area contributed by atoms with Gasteiger partial charge in [-0.1, -0.05) is 45.0 Å². The van der Waals surface area contributed by atoms with Crippen LogP contribution in [0.1, 0.15) is 43.9 Å². The average Bonchev–Trinajstić information content (AvgIpc) is 3.14. The molecule has 0 fully saturated rings. The summed E-state index contributed by atoms with van der Waals surface area (Å²) in [4.78, 5) is 0.211. The Hall–Kier alpha value is -3.11. The Labute approximate surface area is 171 Å². The minimum absolute atomic E-state index is 0.000288. The summed E-state index contributed by atoms with van der Waals surface area (Å²) in [6.45, 7) is 6.82. The number of benzene rings is 2. The molecule has 2 aromatic carbocycles. The third kappa shape index (κ3) is 4.84. The number of nitriles is 1. The lowest BCUT2D eigenvalue weighted by Gasteiger charge is -2.23. The summed E-state index contributed by atoms with van der Waals surface area (Å²) in [7, 11) is -3.70. The first-order valence-corrected chi connectivity index (χ1v) is 10.9. The molecule has 1 N–H and O–H groups in total. The summed E-state index contributed by atoms with van der Waals surface area (Å²) in [6.07, 6.45) is 4.07. The molecule has 6 nitrogen and oxygen atoms in total. The second-order valence-electron chi connectivity index (χ2n) is 7.61. The first kappa shape index (κ1) is 20.6. The first-order valence-electron chi connectivity index (χ1n) is 9.38. The predicted molar refractivity (Wildman–Crippen MR) is 113 cm³/mol. The second kappa shape index (κ2) is 8.10. The van der Waals surface area contributed by atoms with Gasteiger partial charge >= 0.3 is 0 Å². The highest BCUT2D eigenvalue weighted by Crippen LogP contribution is 2.27. The highest BCUT2D eigenvalue weighted by Gasteiger charge is 2.20. The van der Waals surface area contributed by atoms with Crippen LogP contribution in [0.4, 0.5) is 5.69 Å². The van der Waals surface area contributed by atoms with Gasteiger partial charge in [-0.25, -0.2) is 8.42 Å². The Kier molecular flexibility index (Phi) is 5.76. The number of anilines is 1. The van der Waals surface area contributed by atoms with Crippen LogP contribution in [0.3, 0.4) is 0 Å². The smallest absolute Gasteiger partial charge is 0.261 e. The van der Waals surface area contributed by atoms with Crippen LogP contribution >= 0.6 is 0 Å². The molecule has 0 amide bonds. The van der Waals surface area contributed by atoms with Gasteiger partial charge in [-0.05, 0) is 47.2 Å². The van der Waals surface area contributed by atoms with Crippen LogP contribution in [0.5, 0.6) is 0 Å². The molecule has 7 heteroatoms. The van der Waals surface area contributed by atoms with Crippen LogP contribution in [-0.4, -0.2) is 18.2 Å². The molecule has 3 rings (SSSR count). The summed E-state index contributed by atoms with van der Waals surface area (Å²) in [5, 5.41) is 13.2. The first-order chi connectivity index (χ1) is 13.7. The van der Waals surface area contributed by atoms with Gasteiger partial charge in [0.25, 0.3) is 10.0 Å². The fourth-order valence-corrected chi connectivity index (χ4v) is 3.96. The van der Waals surface area contributed by atoms with E-state index in [1.54, 1.807) is 35.1 Å². The fourth-order valence-electron chi connectivity index (χ4n) is 2.93. The van der Waals surface area contributed by atoms with Crippen LogP contribution in [0.2, 0.25) is 0 Å². The number of aromatic nitrogens is 2. The molecule has 0 aliphatic heterocycles. The highest BCUT2D eigenvalue weighted by atomic mass is 32.2. The van der Waals surface area contributed by atoms with Crippen molar-refractivity contribution in [3.63, 3.8) is 0 Å². The average molecular weight is 409 g/mol. The van der Waals surface area contributed by atoms with Crippen LogP contribution in [-0.2, 0) is 22.0 Å². The minimum Gasteiger partial charge on any atom is -0.276 e. The van der Waals surface area contributed by atoms with Gasteiger partial charge in [-0.15, -0.1) is 0 Å². The third-order valence-electron chi connectivity index (χ3n) is 5.12. The van der Waals surface area contributed by atoms with E-state index in [1.807, 2.05) is 24.3 Å². The van der Waals surface area contributed by atoms with E-state index in [0.717, 1.165) is 17.5 Å². The van der Waals surface area contributed by atoms with Crippen molar-refractivity contribution in [1.82, 2.24) is 9.78 Å². The van der Waals surface area contributed by atoms with Crippen molar-refractivity contribution < 1.29 is 8.42 Å². The van der Waals surface area contributed by atoms with Crippen LogP contribution in [0.25, 0.3) is 0 Å². The van der Waals surface area contributed by atoms with E-state index in [0.29, 0.717) is 17.8 Å². The molecule has 0 spiro atoms. The third-order valence-corrected chi connectivity index (χ3v) is 6.51. The quantitative estimate of drug-likeness (QED) is 0.632. The Bertz CT molecular complexity index is 1140. The van der Waals surface area contributed by atoms with E-state index in [-0.39, 0.29) is 10.3 Å². The van der Waals surface area contributed by atoms with Gasteiger partial charge in [0.05, 0.1) is 35.0 Å². The number of nitrogens with zero attached hydrogens (tertiary/aromatic N) is 3. The standard InChI is InChI=1S/C22H24N4O2S/c1-4-22(2,3)19-8-10-21(11-9-19)29(27,28)25-20-14-24-26(16-20)15-18-7-5-6-17(12-18)13-23/h5-12,14,16,25H,4,15H2,1-3H3. The van der Waals surface area contributed by atoms with Crippen molar-refractivity contribution in [2.75, 3.05) is 4.72 Å². The minimum atomic E-state index is -3.70. The molecule has 0 saturated carbocycles. The number of hydrogen-bond donors (Lipinski definition) is 1. The van der Waals surface area contributed by atoms with Crippen molar-refractivity contribution in [1.29, 1.82) is 5.26 Å². The summed E-state index contributed by atoms with van der Waals surface area (Å²) < 4.78 is 29.6. The van der Waals surface area contributed by atoms with Crippen molar-refractivity contribution in [2.45, 2.75) is 44.0 Å². The summed E-state index contributed by atoms with van der Waals surface area (Å²) in [5.41, 5.74) is 2.98. The summed E-state index contributed by atoms with van der Waals surface area (Å²) in [5.74, 6) is 0. The van der Waals surface area contributed by atoms with E-state index in [9.17, 15) is 8.42 Å².